The molecule has 0 unspecified atom stereocenters. The molecule has 4 rings (SSSR count). The number of carbonyl (C=O) groups excluding carboxylic acids is 1. The highest BCUT2D eigenvalue weighted by atomic mass is 16.1. The van der Waals surface area contributed by atoms with E-state index in [2.05, 4.69) is 15.0 Å². The summed E-state index contributed by atoms with van der Waals surface area (Å²) >= 11 is 0. The lowest BCUT2D eigenvalue weighted by Gasteiger charge is -2.17. The van der Waals surface area contributed by atoms with E-state index in [9.17, 15) is 4.79 Å². The molecule has 1 aliphatic rings. The predicted molar refractivity (Wildman–Crippen MR) is 70.9 cm³/mol. The van der Waals surface area contributed by atoms with Gasteiger partial charge >= 0.3 is 0 Å². The van der Waals surface area contributed by atoms with Crippen molar-refractivity contribution in [2.75, 3.05) is 0 Å². The zero-order valence-corrected chi connectivity index (χ0v) is 10.2. The third-order valence-corrected chi connectivity index (χ3v) is 3.37. The van der Waals surface area contributed by atoms with Gasteiger partial charge in [-0.3, -0.25) is 19.7 Å². The zero-order valence-electron chi connectivity index (χ0n) is 10.2. The highest BCUT2D eigenvalue weighted by Crippen LogP contribution is 2.36. The third-order valence-electron chi connectivity index (χ3n) is 3.37. The van der Waals surface area contributed by atoms with E-state index in [1.807, 2.05) is 31.2 Å². The second-order valence-corrected chi connectivity index (χ2v) is 4.60. The van der Waals surface area contributed by atoms with E-state index in [0.717, 1.165) is 27.7 Å². The Balaban J connectivity index is 2.28. The number of fused-ring (bicyclic) bond motifs is 2. The summed E-state index contributed by atoms with van der Waals surface area (Å²) in [6.45, 7) is 1.95. The standard InChI is InChI=1S/C15H9N3O/c1-8-7-9-4-6-17-14-11(9)12(18-8)10-3-2-5-16-13(10)15(14)19/h2-7H,1H3. The maximum absolute atomic E-state index is 12.4. The van der Waals surface area contributed by atoms with Gasteiger partial charge in [-0.1, -0.05) is 0 Å². The number of nitrogens with zero attached hydrogens (tertiary/aromatic N) is 3. The van der Waals surface area contributed by atoms with Crippen LogP contribution in [-0.4, -0.2) is 20.7 Å². The minimum absolute atomic E-state index is 0.126. The average molecular weight is 247 g/mol. The molecule has 0 saturated carbocycles. The van der Waals surface area contributed by atoms with Crippen LogP contribution >= 0.6 is 0 Å². The number of rotatable bonds is 0. The molecule has 0 aromatic carbocycles. The van der Waals surface area contributed by atoms with Gasteiger partial charge in [0.05, 0.1) is 5.69 Å². The van der Waals surface area contributed by atoms with Crippen LogP contribution in [0.5, 0.6) is 0 Å². The van der Waals surface area contributed by atoms with Crippen molar-refractivity contribution in [3.05, 3.63) is 53.7 Å². The topological polar surface area (TPSA) is 55.7 Å². The van der Waals surface area contributed by atoms with E-state index in [4.69, 9.17) is 0 Å². The van der Waals surface area contributed by atoms with Crippen molar-refractivity contribution < 1.29 is 4.79 Å². The third kappa shape index (κ3) is 1.28. The number of hydrogen-bond acceptors (Lipinski definition) is 4. The summed E-state index contributed by atoms with van der Waals surface area (Å²) < 4.78 is 0. The van der Waals surface area contributed by atoms with Crippen molar-refractivity contribution in [2.24, 2.45) is 0 Å². The maximum atomic E-state index is 12.4. The van der Waals surface area contributed by atoms with Crippen LogP contribution in [0, 0.1) is 6.92 Å². The first-order valence-corrected chi connectivity index (χ1v) is 6.02. The summed E-state index contributed by atoms with van der Waals surface area (Å²) in [5.74, 6) is -0.126. The Labute approximate surface area is 109 Å². The summed E-state index contributed by atoms with van der Waals surface area (Å²) in [4.78, 5) is 25.4. The van der Waals surface area contributed by atoms with Crippen LogP contribution in [0.3, 0.4) is 0 Å². The van der Waals surface area contributed by atoms with Gasteiger partial charge in [0.25, 0.3) is 0 Å². The molecule has 3 aromatic heterocycles. The Morgan fingerprint density at radius 3 is 2.74 bits per heavy atom. The molecule has 19 heavy (non-hydrogen) atoms. The van der Waals surface area contributed by atoms with E-state index >= 15 is 0 Å². The van der Waals surface area contributed by atoms with Gasteiger partial charge in [0, 0.05) is 29.0 Å². The normalized spacial score (nSPS) is 12.6. The molecule has 3 heterocycles. The molecule has 0 spiro atoms. The highest BCUT2D eigenvalue weighted by molar-refractivity contribution is 6.23. The molecule has 4 heteroatoms. The number of aromatic nitrogens is 3. The first-order valence-electron chi connectivity index (χ1n) is 6.02. The number of pyridine rings is 3. The van der Waals surface area contributed by atoms with Crippen LogP contribution in [0.2, 0.25) is 0 Å². The molecular formula is C15H9N3O. The van der Waals surface area contributed by atoms with Crippen LogP contribution in [0.15, 0.2) is 36.7 Å². The highest BCUT2D eigenvalue weighted by Gasteiger charge is 2.28. The minimum atomic E-state index is -0.126. The van der Waals surface area contributed by atoms with Crippen molar-refractivity contribution in [1.82, 2.24) is 15.0 Å². The van der Waals surface area contributed by atoms with Gasteiger partial charge in [-0.2, -0.15) is 0 Å². The van der Waals surface area contributed by atoms with Gasteiger partial charge in [-0.25, -0.2) is 0 Å². The molecule has 0 fully saturated rings. The van der Waals surface area contributed by atoms with E-state index in [-0.39, 0.29) is 5.78 Å². The van der Waals surface area contributed by atoms with Crippen molar-refractivity contribution in [1.29, 1.82) is 0 Å². The van der Waals surface area contributed by atoms with Gasteiger partial charge < -0.3 is 0 Å². The van der Waals surface area contributed by atoms with E-state index in [0.29, 0.717) is 11.4 Å². The molecule has 0 radical (unpaired) electrons. The lowest BCUT2D eigenvalue weighted by molar-refractivity contribution is 0.103. The first kappa shape index (κ1) is 10.3. The summed E-state index contributed by atoms with van der Waals surface area (Å²) in [7, 11) is 0. The van der Waals surface area contributed by atoms with E-state index < -0.39 is 0 Å². The average Bonchev–Trinajstić information content (AvgIpc) is 2.44. The lowest BCUT2D eigenvalue weighted by Crippen LogP contribution is -2.14. The second kappa shape index (κ2) is 3.45. The SMILES string of the molecule is Cc1cc2ccnc3c2c(n1)-c1cccnc1C3=O. The fourth-order valence-electron chi connectivity index (χ4n) is 2.59. The summed E-state index contributed by atoms with van der Waals surface area (Å²) in [5, 5.41) is 1.83. The summed E-state index contributed by atoms with van der Waals surface area (Å²) in [5.41, 5.74) is 3.41. The largest absolute Gasteiger partial charge is 0.285 e. The molecule has 0 atom stereocenters. The minimum Gasteiger partial charge on any atom is -0.285 e. The Hall–Kier alpha value is -2.62. The van der Waals surface area contributed by atoms with Crippen LogP contribution in [0.25, 0.3) is 22.0 Å². The molecule has 0 N–H and O–H groups in total. The molecule has 1 aliphatic carbocycles. The molecule has 90 valence electrons. The van der Waals surface area contributed by atoms with Crippen molar-refractivity contribution in [2.45, 2.75) is 6.92 Å². The maximum Gasteiger partial charge on any atom is 0.231 e. The first-order chi connectivity index (χ1) is 9.25. The molecule has 0 amide bonds. The monoisotopic (exact) mass is 247 g/mol. The molecule has 0 aliphatic heterocycles. The lowest BCUT2D eigenvalue weighted by atomic mass is 9.92. The fourth-order valence-corrected chi connectivity index (χ4v) is 2.59. The quantitative estimate of drug-likeness (QED) is 0.479. The fraction of sp³-hybridized carbons (Fsp3) is 0.0667. The Kier molecular flexibility index (Phi) is 1.87. The number of aryl methyl sites for hydroxylation is 1. The van der Waals surface area contributed by atoms with Crippen LogP contribution in [0.1, 0.15) is 21.9 Å². The molecular weight excluding hydrogens is 238 g/mol. The Bertz CT molecular complexity index is 855. The molecule has 4 nitrogen and oxygen atoms in total. The Morgan fingerprint density at radius 2 is 1.84 bits per heavy atom. The van der Waals surface area contributed by atoms with Crippen LogP contribution < -0.4 is 0 Å². The smallest absolute Gasteiger partial charge is 0.231 e. The molecule has 0 saturated heterocycles. The van der Waals surface area contributed by atoms with E-state index in [1.54, 1.807) is 12.4 Å². The second-order valence-electron chi connectivity index (χ2n) is 4.60. The van der Waals surface area contributed by atoms with Crippen molar-refractivity contribution in [3.63, 3.8) is 0 Å². The van der Waals surface area contributed by atoms with Crippen LogP contribution in [0.4, 0.5) is 0 Å². The number of ketones is 1. The number of carbonyl (C=O) groups is 1. The number of hydrogen-bond donors (Lipinski definition) is 0. The van der Waals surface area contributed by atoms with Gasteiger partial charge in [-0.15, -0.1) is 0 Å². The summed E-state index contributed by atoms with van der Waals surface area (Å²) in [6, 6.07) is 7.59. The van der Waals surface area contributed by atoms with Gasteiger partial charge in [-0.05, 0) is 36.6 Å². The molecule has 0 bridgehead atoms. The summed E-state index contributed by atoms with van der Waals surface area (Å²) in [6.07, 6.45) is 3.28. The van der Waals surface area contributed by atoms with E-state index in [1.165, 1.54) is 0 Å². The Morgan fingerprint density at radius 1 is 1.00 bits per heavy atom. The van der Waals surface area contributed by atoms with Gasteiger partial charge in [0.2, 0.25) is 5.78 Å². The zero-order chi connectivity index (χ0) is 13.0. The van der Waals surface area contributed by atoms with Crippen LogP contribution in [-0.2, 0) is 0 Å². The van der Waals surface area contributed by atoms with Crippen molar-refractivity contribution >= 4 is 16.6 Å². The predicted octanol–water partition coefficient (Wildman–Crippen LogP) is 2.54. The van der Waals surface area contributed by atoms with Gasteiger partial charge in [0.15, 0.2) is 0 Å². The molecule has 3 aromatic rings. The van der Waals surface area contributed by atoms with Crippen molar-refractivity contribution in [3.8, 4) is 11.3 Å². The van der Waals surface area contributed by atoms with Gasteiger partial charge in [0.1, 0.15) is 11.4 Å².